The first kappa shape index (κ1) is 13.2. The van der Waals surface area contributed by atoms with Crippen molar-refractivity contribution in [3.63, 3.8) is 0 Å². The van der Waals surface area contributed by atoms with Crippen molar-refractivity contribution in [2.75, 3.05) is 5.32 Å². The fraction of sp³-hybridized carbons (Fsp3) is 0.143. The van der Waals surface area contributed by atoms with E-state index in [0.29, 0.717) is 22.8 Å². The quantitative estimate of drug-likeness (QED) is 0.901. The fourth-order valence-corrected chi connectivity index (χ4v) is 1.80. The summed E-state index contributed by atoms with van der Waals surface area (Å²) in [7, 11) is 0. The summed E-state index contributed by atoms with van der Waals surface area (Å²) in [5.41, 5.74) is 2.56. The Kier molecular flexibility index (Phi) is 3.88. The number of hydrogen-bond acceptors (Lipinski definition) is 4. The van der Waals surface area contributed by atoms with E-state index in [1.165, 1.54) is 0 Å². The monoisotopic (exact) mass is 273 g/mol. The average molecular weight is 274 g/mol. The molecule has 1 aromatic heterocycles. The standard InChI is InChI=1S/C14H12ClN3O/c1-9-2-5-14(19)13(18-9)8-17-11-3-4-12(15)10(6-11)7-16/h2-6,17,19H,8H2,1H3. The molecule has 5 heteroatoms. The zero-order valence-electron chi connectivity index (χ0n) is 10.3. The molecule has 0 saturated heterocycles. The summed E-state index contributed by atoms with van der Waals surface area (Å²) in [5, 5.41) is 22.1. The number of nitrogens with zero attached hydrogens (tertiary/aromatic N) is 2. The first-order chi connectivity index (χ1) is 9.10. The van der Waals surface area contributed by atoms with Crippen LogP contribution in [0.3, 0.4) is 0 Å². The minimum Gasteiger partial charge on any atom is -0.506 e. The smallest absolute Gasteiger partial charge is 0.138 e. The van der Waals surface area contributed by atoms with Crippen LogP contribution in [0.25, 0.3) is 0 Å². The van der Waals surface area contributed by atoms with Gasteiger partial charge in [-0.15, -0.1) is 0 Å². The predicted molar refractivity (Wildman–Crippen MR) is 74.1 cm³/mol. The number of hydrogen-bond donors (Lipinski definition) is 2. The number of benzene rings is 1. The summed E-state index contributed by atoms with van der Waals surface area (Å²) in [6.07, 6.45) is 0. The molecule has 0 saturated carbocycles. The number of nitriles is 1. The number of aryl methyl sites for hydroxylation is 1. The van der Waals surface area contributed by atoms with Crippen LogP contribution < -0.4 is 5.32 Å². The predicted octanol–water partition coefficient (Wildman–Crippen LogP) is 3.23. The van der Waals surface area contributed by atoms with Crippen LogP contribution in [-0.4, -0.2) is 10.1 Å². The molecule has 0 fully saturated rings. The van der Waals surface area contributed by atoms with Gasteiger partial charge in [0.05, 0.1) is 17.1 Å². The van der Waals surface area contributed by atoms with E-state index in [-0.39, 0.29) is 5.75 Å². The lowest BCUT2D eigenvalue weighted by Gasteiger charge is -2.09. The van der Waals surface area contributed by atoms with Gasteiger partial charge in [-0.2, -0.15) is 5.26 Å². The molecule has 4 nitrogen and oxygen atoms in total. The summed E-state index contributed by atoms with van der Waals surface area (Å²) in [5.74, 6) is 0.146. The molecule has 0 radical (unpaired) electrons. The summed E-state index contributed by atoms with van der Waals surface area (Å²) in [6, 6.07) is 10.5. The highest BCUT2D eigenvalue weighted by atomic mass is 35.5. The molecule has 2 rings (SSSR count). The number of aromatic hydroxyl groups is 1. The Bertz CT molecular complexity index is 650. The first-order valence-corrected chi connectivity index (χ1v) is 6.07. The molecule has 96 valence electrons. The SMILES string of the molecule is Cc1ccc(O)c(CNc2ccc(Cl)c(C#N)c2)n1. The second-order valence-corrected chi connectivity index (χ2v) is 4.49. The van der Waals surface area contributed by atoms with E-state index < -0.39 is 0 Å². The zero-order valence-corrected chi connectivity index (χ0v) is 11.1. The van der Waals surface area contributed by atoms with Crippen molar-refractivity contribution in [3.05, 3.63) is 52.3 Å². The molecule has 0 aliphatic rings. The van der Waals surface area contributed by atoms with Crippen molar-refractivity contribution in [2.45, 2.75) is 13.5 Å². The number of aromatic nitrogens is 1. The maximum atomic E-state index is 9.68. The van der Waals surface area contributed by atoms with Crippen LogP contribution in [0.4, 0.5) is 5.69 Å². The highest BCUT2D eigenvalue weighted by Gasteiger charge is 2.05. The molecule has 0 atom stereocenters. The average Bonchev–Trinajstić information content (AvgIpc) is 2.41. The van der Waals surface area contributed by atoms with Gasteiger partial charge in [0.15, 0.2) is 0 Å². The largest absolute Gasteiger partial charge is 0.506 e. The zero-order chi connectivity index (χ0) is 13.8. The Balaban J connectivity index is 2.15. The van der Waals surface area contributed by atoms with Gasteiger partial charge in [0.1, 0.15) is 17.5 Å². The Morgan fingerprint density at radius 1 is 1.37 bits per heavy atom. The lowest BCUT2D eigenvalue weighted by atomic mass is 10.2. The highest BCUT2D eigenvalue weighted by Crippen LogP contribution is 2.21. The van der Waals surface area contributed by atoms with E-state index in [1.54, 1.807) is 30.3 Å². The third-order valence-electron chi connectivity index (χ3n) is 2.64. The fourth-order valence-electron chi connectivity index (χ4n) is 1.64. The minimum atomic E-state index is 0.146. The van der Waals surface area contributed by atoms with E-state index in [2.05, 4.69) is 10.3 Å². The van der Waals surface area contributed by atoms with Crippen molar-refractivity contribution in [1.29, 1.82) is 5.26 Å². The number of halogens is 1. The lowest BCUT2D eigenvalue weighted by molar-refractivity contribution is 0.464. The summed E-state index contributed by atoms with van der Waals surface area (Å²) in [4.78, 5) is 4.24. The van der Waals surface area contributed by atoms with E-state index in [0.717, 1.165) is 11.4 Å². The van der Waals surface area contributed by atoms with Crippen LogP contribution in [0.15, 0.2) is 30.3 Å². The molecular weight excluding hydrogens is 262 g/mol. The van der Waals surface area contributed by atoms with Crippen LogP contribution in [0, 0.1) is 18.3 Å². The Hall–Kier alpha value is -2.25. The van der Waals surface area contributed by atoms with Crippen molar-refractivity contribution in [2.24, 2.45) is 0 Å². The van der Waals surface area contributed by atoms with Gasteiger partial charge < -0.3 is 10.4 Å². The highest BCUT2D eigenvalue weighted by molar-refractivity contribution is 6.31. The van der Waals surface area contributed by atoms with Crippen LogP contribution in [-0.2, 0) is 6.54 Å². The maximum absolute atomic E-state index is 9.68. The normalized spacial score (nSPS) is 9.95. The second kappa shape index (κ2) is 5.59. The van der Waals surface area contributed by atoms with Crippen molar-refractivity contribution in [1.82, 2.24) is 4.98 Å². The molecule has 0 amide bonds. The van der Waals surface area contributed by atoms with Gasteiger partial charge in [-0.3, -0.25) is 4.98 Å². The lowest BCUT2D eigenvalue weighted by Crippen LogP contribution is -2.03. The molecule has 1 aromatic carbocycles. The summed E-state index contributed by atoms with van der Waals surface area (Å²) in [6.45, 7) is 2.24. The molecule has 1 heterocycles. The third-order valence-corrected chi connectivity index (χ3v) is 2.97. The van der Waals surface area contributed by atoms with Crippen LogP contribution >= 0.6 is 11.6 Å². The first-order valence-electron chi connectivity index (χ1n) is 5.69. The minimum absolute atomic E-state index is 0.146. The van der Waals surface area contributed by atoms with Gasteiger partial charge in [0.2, 0.25) is 0 Å². The van der Waals surface area contributed by atoms with Crippen LogP contribution in [0.2, 0.25) is 5.02 Å². The van der Waals surface area contributed by atoms with Crippen LogP contribution in [0.5, 0.6) is 5.75 Å². The summed E-state index contributed by atoms with van der Waals surface area (Å²) < 4.78 is 0. The van der Waals surface area contributed by atoms with E-state index >= 15 is 0 Å². The van der Waals surface area contributed by atoms with Gasteiger partial charge in [-0.05, 0) is 37.3 Å². The maximum Gasteiger partial charge on any atom is 0.138 e. The molecule has 19 heavy (non-hydrogen) atoms. The molecule has 0 aliphatic carbocycles. The van der Waals surface area contributed by atoms with Crippen molar-refractivity contribution < 1.29 is 5.11 Å². The van der Waals surface area contributed by atoms with Gasteiger partial charge in [-0.1, -0.05) is 11.6 Å². The van der Waals surface area contributed by atoms with E-state index in [1.807, 2.05) is 13.0 Å². The van der Waals surface area contributed by atoms with Gasteiger partial charge >= 0.3 is 0 Å². The molecule has 2 aromatic rings. The topological polar surface area (TPSA) is 68.9 Å². The molecule has 0 spiro atoms. The van der Waals surface area contributed by atoms with E-state index in [9.17, 15) is 5.11 Å². The Morgan fingerprint density at radius 2 is 2.16 bits per heavy atom. The second-order valence-electron chi connectivity index (χ2n) is 4.08. The molecular formula is C14H12ClN3O. The Morgan fingerprint density at radius 3 is 2.89 bits per heavy atom. The van der Waals surface area contributed by atoms with Crippen molar-refractivity contribution >= 4 is 17.3 Å². The molecule has 2 N–H and O–H groups in total. The summed E-state index contributed by atoms with van der Waals surface area (Å²) >= 11 is 5.86. The van der Waals surface area contributed by atoms with Crippen LogP contribution in [0.1, 0.15) is 17.0 Å². The number of pyridine rings is 1. The van der Waals surface area contributed by atoms with Gasteiger partial charge in [0.25, 0.3) is 0 Å². The third kappa shape index (κ3) is 3.15. The van der Waals surface area contributed by atoms with Gasteiger partial charge in [0, 0.05) is 11.4 Å². The Labute approximate surface area is 116 Å². The van der Waals surface area contributed by atoms with Crippen molar-refractivity contribution in [3.8, 4) is 11.8 Å². The number of rotatable bonds is 3. The molecule has 0 unspecified atom stereocenters. The molecule has 0 aliphatic heterocycles. The number of anilines is 1. The molecule has 0 bridgehead atoms. The van der Waals surface area contributed by atoms with E-state index in [4.69, 9.17) is 16.9 Å². The number of nitrogens with one attached hydrogen (secondary N) is 1. The van der Waals surface area contributed by atoms with Gasteiger partial charge in [-0.25, -0.2) is 0 Å².